The smallest absolute Gasteiger partial charge is 0.226 e. The first-order valence-electron chi connectivity index (χ1n) is 5.59. The van der Waals surface area contributed by atoms with Gasteiger partial charge in [0, 0.05) is 16.6 Å². The number of rotatable bonds is 4. The number of nitrogens with two attached hydrogens (primary N) is 1. The molecule has 0 aliphatic heterocycles. The molecule has 1 aromatic carbocycles. The lowest BCUT2D eigenvalue weighted by Gasteiger charge is -2.24. The maximum atomic E-state index is 11.5. The molecular formula is C13H19BrN2O. The lowest BCUT2D eigenvalue weighted by atomic mass is 9.97. The molecular weight excluding hydrogens is 280 g/mol. The molecule has 0 heterocycles. The van der Waals surface area contributed by atoms with Gasteiger partial charge in [-0.25, -0.2) is 0 Å². The molecule has 0 aliphatic rings. The molecule has 3 nitrogen and oxygen atoms in total. The first-order chi connectivity index (χ1) is 7.79. The molecule has 0 aromatic heterocycles. The van der Waals surface area contributed by atoms with Gasteiger partial charge in [0.05, 0.1) is 5.92 Å². The molecule has 0 fully saturated rings. The summed E-state index contributed by atoms with van der Waals surface area (Å²) in [5.41, 5.74) is 6.36. The number of hydrogen-bond acceptors (Lipinski definition) is 2. The standard InChI is InChI=1S/C13H19BrN2O/c1-13(2,3)16-8-11(12(15)17)9-4-6-10(14)7-5-9/h4-7,11,16H,8H2,1-3H3,(H2,15,17)/t11-/m1/s1. The minimum atomic E-state index is -0.302. The van der Waals surface area contributed by atoms with E-state index in [1.54, 1.807) is 0 Å². The van der Waals surface area contributed by atoms with Crippen LogP contribution in [0.15, 0.2) is 28.7 Å². The fourth-order valence-electron chi connectivity index (χ4n) is 1.49. The Hall–Kier alpha value is -0.870. The number of carbonyl (C=O) groups excluding carboxylic acids is 1. The topological polar surface area (TPSA) is 55.1 Å². The Morgan fingerprint density at radius 2 is 1.88 bits per heavy atom. The van der Waals surface area contributed by atoms with Crippen LogP contribution in [0.25, 0.3) is 0 Å². The van der Waals surface area contributed by atoms with Gasteiger partial charge >= 0.3 is 0 Å². The molecule has 17 heavy (non-hydrogen) atoms. The highest BCUT2D eigenvalue weighted by atomic mass is 79.9. The van der Waals surface area contributed by atoms with Gasteiger partial charge in [-0.05, 0) is 38.5 Å². The Balaban J connectivity index is 2.79. The van der Waals surface area contributed by atoms with E-state index < -0.39 is 0 Å². The summed E-state index contributed by atoms with van der Waals surface area (Å²) in [4.78, 5) is 11.5. The second-order valence-electron chi connectivity index (χ2n) is 5.14. The van der Waals surface area contributed by atoms with E-state index in [1.807, 2.05) is 24.3 Å². The zero-order valence-corrected chi connectivity index (χ0v) is 12.0. The number of amides is 1. The van der Waals surface area contributed by atoms with Crippen molar-refractivity contribution in [2.24, 2.45) is 5.73 Å². The van der Waals surface area contributed by atoms with Gasteiger partial charge in [0.2, 0.25) is 5.91 Å². The largest absolute Gasteiger partial charge is 0.369 e. The number of hydrogen-bond donors (Lipinski definition) is 2. The first-order valence-corrected chi connectivity index (χ1v) is 6.39. The monoisotopic (exact) mass is 298 g/mol. The molecule has 0 saturated heterocycles. The first kappa shape index (κ1) is 14.2. The molecule has 1 aromatic rings. The summed E-state index contributed by atoms with van der Waals surface area (Å²) in [6.07, 6.45) is 0. The van der Waals surface area contributed by atoms with Crippen LogP contribution in [0.2, 0.25) is 0 Å². The predicted octanol–water partition coefficient (Wildman–Crippen LogP) is 2.41. The van der Waals surface area contributed by atoms with Crippen molar-refractivity contribution in [2.75, 3.05) is 6.54 Å². The average Bonchev–Trinajstić information content (AvgIpc) is 2.18. The number of primary amides is 1. The summed E-state index contributed by atoms with van der Waals surface area (Å²) in [6, 6.07) is 7.68. The number of carbonyl (C=O) groups is 1. The molecule has 0 saturated carbocycles. The van der Waals surface area contributed by atoms with E-state index >= 15 is 0 Å². The van der Waals surface area contributed by atoms with E-state index in [0.29, 0.717) is 6.54 Å². The summed E-state index contributed by atoms with van der Waals surface area (Å²) in [6.45, 7) is 6.74. The highest BCUT2D eigenvalue weighted by Gasteiger charge is 2.20. The van der Waals surface area contributed by atoms with E-state index in [0.717, 1.165) is 10.0 Å². The van der Waals surface area contributed by atoms with Crippen molar-refractivity contribution in [1.29, 1.82) is 0 Å². The van der Waals surface area contributed by atoms with Crippen molar-refractivity contribution in [2.45, 2.75) is 32.2 Å². The summed E-state index contributed by atoms with van der Waals surface area (Å²) in [5, 5.41) is 3.30. The van der Waals surface area contributed by atoms with Crippen LogP contribution < -0.4 is 11.1 Å². The van der Waals surface area contributed by atoms with Crippen LogP contribution in [-0.4, -0.2) is 18.0 Å². The van der Waals surface area contributed by atoms with Crippen LogP contribution in [0.4, 0.5) is 0 Å². The lowest BCUT2D eigenvalue weighted by Crippen LogP contribution is -2.41. The minimum absolute atomic E-state index is 0.0247. The highest BCUT2D eigenvalue weighted by molar-refractivity contribution is 9.10. The Morgan fingerprint density at radius 3 is 2.29 bits per heavy atom. The average molecular weight is 299 g/mol. The second kappa shape index (κ2) is 5.65. The van der Waals surface area contributed by atoms with Crippen molar-refractivity contribution >= 4 is 21.8 Å². The second-order valence-corrected chi connectivity index (χ2v) is 6.05. The Morgan fingerprint density at radius 1 is 1.35 bits per heavy atom. The summed E-state index contributed by atoms with van der Waals surface area (Å²) in [7, 11) is 0. The van der Waals surface area contributed by atoms with Crippen LogP contribution in [0.5, 0.6) is 0 Å². The summed E-state index contributed by atoms with van der Waals surface area (Å²) in [5.74, 6) is -0.591. The Kier molecular flexibility index (Phi) is 4.71. The van der Waals surface area contributed by atoms with E-state index in [2.05, 4.69) is 42.0 Å². The summed E-state index contributed by atoms with van der Waals surface area (Å²) < 4.78 is 0.994. The van der Waals surface area contributed by atoms with E-state index in [-0.39, 0.29) is 17.4 Å². The minimum Gasteiger partial charge on any atom is -0.369 e. The van der Waals surface area contributed by atoms with Gasteiger partial charge < -0.3 is 11.1 Å². The Bertz CT molecular complexity index is 381. The molecule has 1 atom stereocenters. The summed E-state index contributed by atoms with van der Waals surface area (Å²) >= 11 is 3.37. The van der Waals surface area contributed by atoms with E-state index in [1.165, 1.54) is 0 Å². The van der Waals surface area contributed by atoms with Crippen LogP contribution in [0.1, 0.15) is 32.3 Å². The maximum absolute atomic E-state index is 11.5. The van der Waals surface area contributed by atoms with E-state index in [4.69, 9.17) is 5.73 Å². The maximum Gasteiger partial charge on any atom is 0.226 e. The van der Waals surface area contributed by atoms with Crippen molar-refractivity contribution in [3.05, 3.63) is 34.3 Å². The van der Waals surface area contributed by atoms with Crippen LogP contribution in [0.3, 0.4) is 0 Å². The normalized spacial score (nSPS) is 13.4. The molecule has 0 spiro atoms. The van der Waals surface area contributed by atoms with Gasteiger partial charge in [-0.2, -0.15) is 0 Å². The number of benzene rings is 1. The van der Waals surface area contributed by atoms with Crippen LogP contribution >= 0.6 is 15.9 Å². The molecule has 4 heteroatoms. The van der Waals surface area contributed by atoms with Crippen molar-refractivity contribution in [1.82, 2.24) is 5.32 Å². The van der Waals surface area contributed by atoms with E-state index in [9.17, 15) is 4.79 Å². The highest BCUT2D eigenvalue weighted by Crippen LogP contribution is 2.19. The van der Waals surface area contributed by atoms with Crippen LogP contribution in [-0.2, 0) is 4.79 Å². The molecule has 0 aliphatic carbocycles. The molecule has 0 radical (unpaired) electrons. The molecule has 94 valence electrons. The van der Waals surface area contributed by atoms with Crippen LogP contribution in [0, 0.1) is 0 Å². The lowest BCUT2D eigenvalue weighted by molar-refractivity contribution is -0.119. The van der Waals surface area contributed by atoms with Gasteiger partial charge in [0.25, 0.3) is 0 Å². The SMILES string of the molecule is CC(C)(C)NC[C@@H](C(N)=O)c1ccc(Br)cc1. The van der Waals surface area contributed by atoms with Crippen molar-refractivity contribution < 1.29 is 4.79 Å². The number of nitrogens with one attached hydrogen (secondary N) is 1. The van der Waals surface area contributed by atoms with Crippen molar-refractivity contribution in [3.63, 3.8) is 0 Å². The van der Waals surface area contributed by atoms with Gasteiger partial charge in [-0.15, -0.1) is 0 Å². The van der Waals surface area contributed by atoms with Crippen molar-refractivity contribution in [3.8, 4) is 0 Å². The Labute approximate surface area is 111 Å². The fraction of sp³-hybridized carbons (Fsp3) is 0.462. The third-order valence-electron chi connectivity index (χ3n) is 2.45. The fourth-order valence-corrected chi connectivity index (χ4v) is 1.75. The molecule has 1 amide bonds. The van der Waals surface area contributed by atoms with Gasteiger partial charge in [-0.1, -0.05) is 28.1 Å². The van der Waals surface area contributed by atoms with Gasteiger partial charge in [-0.3, -0.25) is 4.79 Å². The third kappa shape index (κ3) is 4.88. The number of halogens is 1. The molecule has 0 unspecified atom stereocenters. The molecule has 3 N–H and O–H groups in total. The zero-order chi connectivity index (χ0) is 13.1. The predicted molar refractivity (Wildman–Crippen MR) is 73.8 cm³/mol. The molecule has 0 bridgehead atoms. The van der Waals surface area contributed by atoms with Gasteiger partial charge in [0.15, 0.2) is 0 Å². The van der Waals surface area contributed by atoms with Gasteiger partial charge in [0.1, 0.15) is 0 Å². The quantitative estimate of drug-likeness (QED) is 0.897. The molecule has 1 rings (SSSR count). The zero-order valence-electron chi connectivity index (χ0n) is 10.5. The third-order valence-corrected chi connectivity index (χ3v) is 2.98.